The smallest absolute Gasteiger partial charge is 0.196 e. The first-order chi connectivity index (χ1) is 16.8. The number of para-hydroxylation sites is 1. The highest BCUT2D eigenvalue weighted by Crippen LogP contribution is 2.56. The third-order valence-electron chi connectivity index (χ3n) is 6.76. The highest BCUT2D eigenvalue weighted by molar-refractivity contribution is 7.81. The van der Waals surface area contributed by atoms with E-state index in [0.29, 0.717) is 0 Å². The molecule has 0 bridgehead atoms. The highest BCUT2D eigenvalue weighted by Gasteiger charge is 2.39. The van der Waals surface area contributed by atoms with Crippen molar-refractivity contribution in [2.24, 2.45) is 4.74 Å². The summed E-state index contributed by atoms with van der Waals surface area (Å²) in [7, 11) is -2.26. The molecule has 3 aliphatic heterocycles. The number of ether oxygens (including phenoxy) is 2. The molecule has 0 amide bonds. The van der Waals surface area contributed by atoms with E-state index in [-0.39, 0.29) is 0 Å². The molecule has 3 heterocycles. The fourth-order valence-corrected chi connectivity index (χ4v) is 9.24. The van der Waals surface area contributed by atoms with Gasteiger partial charge in [0, 0.05) is 63.3 Å². The van der Waals surface area contributed by atoms with Crippen LogP contribution in [0.5, 0.6) is 0 Å². The molecule has 0 unspecified atom stereocenters. The number of anilines is 1. The van der Waals surface area contributed by atoms with E-state index in [1.54, 1.807) is 0 Å². The zero-order chi connectivity index (χ0) is 23.2. The third-order valence-corrected chi connectivity index (χ3v) is 11.1. The van der Waals surface area contributed by atoms with Gasteiger partial charge in [0.25, 0.3) is 0 Å². The van der Waals surface area contributed by atoms with E-state index in [0.717, 1.165) is 83.9 Å². The van der Waals surface area contributed by atoms with Gasteiger partial charge in [-0.15, -0.1) is 0 Å². The highest BCUT2D eigenvalue weighted by atomic mass is 32.1. The molecule has 34 heavy (non-hydrogen) atoms. The summed E-state index contributed by atoms with van der Waals surface area (Å²) in [5.74, 6) is 0. The topological polar surface area (TPSA) is 43.8 Å². The normalized spacial score (nSPS) is 20.8. The Labute approximate surface area is 208 Å². The molecule has 0 atom stereocenters. The standard InChI is InChI=1S/C25H34N5O2PS/c34-25(28-13-11-27(12-14-28)23-7-3-1-4-8-23)26-33(24-9-5-2-6-10-24,29-15-19-31-20-16-29)30-17-21-32-22-18-30/h1-10H,11-22H2. The molecule has 0 radical (unpaired) electrons. The maximum Gasteiger partial charge on any atom is 0.196 e. The van der Waals surface area contributed by atoms with E-state index in [1.165, 1.54) is 11.0 Å². The van der Waals surface area contributed by atoms with Gasteiger partial charge in [0.1, 0.15) is 7.36 Å². The van der Waals surface area contributed by atoms with Gasteiger partial charge in [-0.1, -0.05) is 48.5 Å². The number of nitrogens with zero attached hydrogens (tertiary/aromatic N) is 5. The quantitative estimate of drug-likeness (QED) is 0.473. The predicted molar refractivity (Wildman–Crippen MR) is 143 cm³/mol. The molecule has 0 spiro atoms. The van der Waals surface area contributed by atoms with Crippen LogP contribution in [0.2, 0.25) is 0 Å². The minimum absolute atomic E-state index is 0.733. The molecule has 0 N–H and O–H groups in total. The van der Waals surface area contributed by atoms with Crippen LogP contribution in [-0.4, -0.2) is 98.1 Å². The minimum Gasteiger partial charge on any atom is -0.379 e. The first-order valence-electron chi connectivity index (χ1n) is 12.2. The van der Waals surface area contributed by atoms with E-state index in [2.05, 4.69) is 79.8 Å². The van der Waals surface area contributed by atoms with Crippen molar-refractivity contribution < 1.29 is 9.47 Å². The van der Waals surface area contributed by atoms with E-state index in [1.807, 2.05) is 0 Å². The van der Waals surface area contributed by atoms with Gasteiger partial charge in [-0.2, -0.15) is 0 Å². The summed E-state index contributed by atoms with van der Waals surface area (Å²) < 4.78 is 22.1. The Balaban J connectivity index is 1.46. The van der Waals surface area contributed by atoms with Crippen LogP contribution in [0.1, 0.15) is 0 Å². The molecule has 2 aromatic carbocycles. The van der Waals surface area contributed by atoms with Gasteiger partial charge >= 0.3 is 0 Å². The largest absolute Gasteiger partial charge is 0.379 e. The molecule has 0 aromatic heterocycles. The lowest BCUT2D eigenvalue weighted by molar-refractivity contribution is 0.0579. The molecular formula is C25H34N5O2PS. The minimum atomic E-state index is -2.26. The summed E-state index contributed by atoms with van der Waals surface area (Å²) in [6, 6.07) is 21.4. The molecular weight excluding hydrogens is 465 g/mol. The predicted octanol–water partition coefficient (Wildman–Crippen LogP) is 3.11. The second-order valence-corrected chi connectivity index (χ2v) is 12.1. The van der Waals surface area contributed by atoms with Gasteiger partial charge in [-0.3, -0.25) is 0 Å². The van der Waals surface area contributed by atoms with Gasteiger partial charge in [-0.25, -0.2) is 14.1 Å². The maximum atomic E-state index is 6.07. The third kappa shape index (κ3) is 5.08. The molecule has 7 nitrogen and oxygen atoms in total. The van der Waals surface area contributed by atoms with Crippen molar-refractivity contribution in [2.75, 3.05) is 83.7 Å². The monoisotopic (exact) mass is 499 g/mol. The van der Waals surface area contributed by atoms with Gasteiger partial charge in [0.15, 0.2) is 5.11 Å². The van der Waals surface area contributed by atoms with Crippen LogP contribution in [0.3, 0.4) is 0 Å². The molecule has 9 heteroatoms. The molecule has 5 rings (SSSR count). The Morgan fingerprint density at radius 3 is 1.71 bits per heavy atom. The molecule has 182 valence electrons. The molecule has 3 aliphatic rings. The van der Waals surface area contributed by atoms with Crippen molar-refractivity contribution in [1.82, 2.24) is 14.2 Å². The molecule has 0 saturated carbocycles. The molecule has 3 fully saturated rings. The Kier molecular flexibility index (Phi) is 7.94. The second kappa shape index (κ2) is 11.3. The summed E-state index contributed by atoms with van der Waals surface area (Å²) in [6.45, 7) is 10.1. The number of rotatable bonds is 4. The van der Waals surface area contributed by atoms with E-state index in [4.69, 9.17) is 26.4 Å². The summed E-state index contributed by atoms with van der Waals surface area (Å²) in [4.78, 5) is 4.73. The SMILES string of the molecule is S=C(N=P(c1ccccc1)(N1CCOCC1)N1CCOCC1)N1CCN(c2ccccc2)CC1. The Hall–Kier alpha value is -1.80. The van der Waals surface area contributed by atoms with Crippen LogP contribution < -0.4 is 10.2 Å². The van der Waals surface area contributed by atoms with Crippen molar-refractivity contribution in [1.29, 1.82) is 0 Å². The van der Waals surface area contributed by atoms with E-state index in [9.17, 15) is 0 Å². The summed E-state index contributed by atoms with van der Waals surface area (Å²) in [5.41, 5.74) is 1.28. The maximum absolute atomic E-state index is 6.07. The van der Waals surface area contributed by atoms with E-state index < -0.39 is 7.36 Å². The zero-order valence-electron chi connectivity index (χ0n) is 19.7. The Morgan fingerprint density at radius 2 is 1.18 bits per heavy atom. The lowest BCUT2D eigenvalue weighted by Gasteiger charge is -2.47. The van der Waals surface area contributed by atoms with Crippen molar-refractivity contribution in [3.05, 3.63) is 60.7 Å². The average molecular weight is 500 g/mol. The fraction of sp³-hybridized carbons (Fsp3) is 0.480. The average Bonchev–Trinajstić information content (AvgIpc) is 2.94. The molecule has 0 aliphatic carbocycles. The van der Waals surface area contributed by atoms with Crippen molar-refractivity contribution >= 4 is 35.7 Å². The van der Waals surface area contributed by atoms with Gasteiger partial charge in [0.05, 0.1) is 26.4 Å². The van der Waals surface area contributed by atoms with Gasteiger partial charge < -0.3 is 19.3 Å². The first-order valence-corrected chi connectivity index (χ1v) is 14.3. The number of hydrogen-bond donors (Lipinski definition) is 0. The van der Waals surface area contributed by atoms with Crippen LogP contribution in [-0.2, 0) is 9.47 Å². The number of hydrogen-bond acceptors (Lipinski definition) is 4. The van der Waals surface area contributed by atoms with Crippen molar-refractivity contribution in [3.8, 4) is 0 Å². The zero-order valence-corrected chi connectivity index (χ0v) is 21.4. The number of thiocarbonyl (C=S) groups is 1. The van der Waals surface area contributed by atoms with E-state index >= 15 is 0 Å². The van der Waals surface area contributed by atoms with Crippen LogP contribution in [0, 0.1) is 0 Å². The van der Waals surface area contributed by atoms with Crippen LogP contribution in [0.15, 0.2) is 65.4 Å². The lowest BCUT2D eigenvalue weighted by Crippen LogP contribution is -2.49. The second-order valence-electron chi connectivity index (χ2n) is 8.73. The first kappa shape index (κ1) is 23.9. The van der Waals surface area contributed by atoms with Crippen LogP contribution in [0.4, 0.5) is 5.69 Å². The number of benzene rings is 2. The fourth-order valence-electron chi connectivity index (χ4n) is 4.96. The summed E-state index contributed by atoms with van der Waals surface area (Å²) in [5, 5.41) is 2.01. The lowest BCUT2D eigenvalue weighted by atomic mass is 10.2. The van der Waals surface area contributed by atoms with Crippen molar-refractivity contribution in [2.45, 2.75) is 0 Å². The Morgan fingerprint density at radius 1 is 0.676 bits per heavy atom. The van der Waals surface area contributed by atoms with Gasteiger partial charge in [0.2, 0.25) is 0 Å². The summed E-state index contributed by atoms with van der Waals surface area (Å²) >= 11 is 6.07. The molecule has 3 saturated heterocycles. The van der Waals surface area contributed by atoms with Crippen LogP contribution >= 0.6 is 19.6 Å². The summed E-state index contributed by atoms with van der Waals surface area (Å²) in [6.07, 6.45) is 0. The number of morpholine rings is 2. The Bertz CT molecular complexity index is 967. The van der Waals surface area contributed by atoms with Crippen molar-refractivity contribution in [3.63, 3.8) is 0 Å². The van der Waals surface area contributed by atoms with Crippen LogP contribution in [0.25, 0.3) is 0 Å². The molecule has 2 aromatic rings. The number of piperazine rings is 1. The van der Waals surface area contributed by atoms with Gasteiger partial charge in [-0.05, 0) is 24.4 Å².